The fraction of sp³-hybridized carbons (Fsp3) is 0.915. The Balaban J connectivity index is 2.10. The molecule has 0 saturated carbocycles. The first kappa shape index (κ1) is 50.3. The van der Waals surface area contributed by atoms with Crippen LogP contribution in [0.2, 0.25) is 0 Å². The number of hydrogen-bond donors (Lipinski definition) is 2. The van der Waals surface area contributed by atoms with Crippen LogP contribution >= 0.6 is 0 Å². The number of rotatable bonds is 17. The third-order valence-corrected chi connectivity index (χ3v) is 11.6. The maximum Gasteiger partial charge on any atom is 0.409 e. The quantitative estimate of drug-likeness (QED) is 0.140. The predicted molar refractivity (Wildman–Crippen MR) is 232 cm³/mol. The topological polar surface area (TPSA) is 108 Å². The van der Waals surface area contributed by atoms with Crippen LogP contribution in [0.4, 0.5) is 4.79 Å². The van der Waals surface area contributed by atoms with Gasteiger partial charge in [-0.3, -0.25) is 24.6 Å². The summed E-state index contributed by atoms with van der Waals surface area (Å²) in [5.41, 5.74) is -4.07. The zero-order chi connectivity index (χ0) is 43.4. The fourth-order valence-electron chi connectivity index (χ4n) is 9.86. The van der Waals surface area contributed by atoms with E-state index in [2.05, 4.69) is 98.6 Å². The van der Waals surface area contributed by atoms with Crippen molar-refractivity contribution < 1.29 is 23.9 Å². The molecule has 3 atom stereocenters. The minimum absolute atomic E-state index is 0.106. The summed E-state index contributed by atoms with van der Waals surface area (Å²) in [6.45, 7) is 39.4. The Bertz CT molecular complexity index is 1350. The lowest BCUT2D eigenvalue weighted by Gasteiger charge is -2.48. The van der Waals surface area contributed by atoms with Gasteiger partial charge in [-0.05, 0) is 114 Å². The summed E-state index contributed by atoms with van der Waals surface area (Å²) in [5, 5.41) is 7.41. The molecule has 2 heterocycles. The van der Waals surface area contributed by atoms with Gasteiger partial charge in [0.15, 0.2) is 17.3 Å². The summed E-state index contributed by atoms with van der Waals surface area (Å²) in [5.74, 6) is 0.714. The molecule has 2 rings (SSSR count). The highest BCUT2D eigenvalue weighted by atomic mass is 16.6. The molecule has 0 radical (unpaired) electrons. The molecule has 2 saturated heterocycles. The number of carbonyl (C=O) groups excluding carboxylic acids is 4. The molecule has 0 aromatic heterocycles. The van der Waals surface area contributed by atoms with Crippen LogP contribution in [-0.4, -0.2) is 92.7 Å². The molecule has 1 unspecified atom stereocenters. The molecule has 1 amide bonds. The van der Waals surface area contributed by atoms with E-state index in [9.17, 15) is 19.2 Å². The summed E-state index contributed by atoms with van der Waals surface area (Å²) in [7, 11) is 0. The van der Waals surface area contributed by atoms with E-state index in [4.69, 9.17) is 4.74 Å². The highest BCUT2D eigenvalue weighted by molar-refractivity contribution is 5.95. The molecular weight excluding hydrogens is 701 g/mol. The SMILES string of the molecule is CC(C)(C)NC(CCCCCCOC(=O)N1CC[C@@](NC(C)(C)C)(C(=O)C(C)(C)C)C1)(CCCC[C@@]1(C(=O)C(C)(C)C)CCCN1C(C)(C)C)C(=O)C(C)(C)C. The fourth-order valence-corrected chi connectivity index (χ4v) is 9.86. The number of nitrogens with zero attached hydrogens (tertiary/aromatic N) is 2. The minimum Gasteiger partial charge on any atom is -0.449 e. The van der Waals surface area contributed by atoms with Crippen molar-refractivity contribution in [3.05, 3.63) is 0 Å². The van der Waals surface area contributed by atoms with Gasteiger partial charge in [0.05, 0.1) is 23.2 Å². The molecule has 0 aromatic carbocycles. The molecule has 0 aliphatic carbocycles. The van der Waals surface area contributed by atoms with Gasteiger partial charge in [-0.15, -0.1) is 0 Å². The first-order valence-corrected chi connectivity index (χ1v) is 22.1. The van der Waals surface area contributed by atoms with Crippen molar-refractivity contribution >= 4 is 23.4 Å². The van der Waals surface area contributed by atoms with E-state index >= 15 is 0 Å². The predicted octanol–water partition coefficient (Wildman–Crippen LogP) is 10.1. The second-order valence-electron chi connectivity index (χ2n) is 23.8. The van der Waals surface area contributed by atoms with Gasteiger partial charge in [-0.25, -0.2) is 4.79 Å². The van der Waals surface area contributed by atoms with Crippen molar-refractivity contribution in [3.63, 3.8) is 0 Å². The number of Topliss-reactive ketones (excluding diaryl/α,β-unsaturated/α-hetero) is 3. The first-order valence-electron chi connectivity index (χ1n) is 22.1. The van der Waals surface area contributed by atoms with Gasteiger partial charge < -0.3 is 15.0 Å². The summed E-state index contributed by atoms with van der Waals surface area (Å²) >= 11 is 0. The number of unbranched alkanes of at least 4 members (excludes halogenated alkanes) is 4. The Kier molecular flexibility index (Phi) is 16.3. The zero-order valence-electron chi connectivity index (χ0n) is 39.7. The van der Waals surface area contributed by atoms with E-state index in [1.807, 2.05) is 41.5 Å². The second-order valence-corrected chi connectivity index (χ2v) is 23.8. The van der Waals surface area contributed by atoms with E-state index in [1.54, 1.807) is 4.90 Å². The third-order valence-electron chi connectivity index (χ3n) is 11.6. The standard InChI is InChI=1S/C47H88N4O5/c1-39(2,3)35(52)45(48-42(10,11)12,27-22-23-28-47(37(54)41(7,8)9)29-25-31-51(47)44(16,17)18)26-21-19-20-24-33-56-38(55)50-32-30-46(34-50,49-43(13,14)15)36(53)40(4,5)6/h48-49H,19-34H2,1-18H3/t45?,46-,47-/m0/s1. The van der Waals surface area contributed by atoms with Gasteiger partial charge in [0.2, 0.25) is 0 Å². The Hall–Kier alpha value is -1.84. The molecular formula is C47H88N4O5. The van der Waals surface area contributed by atoms with Crippen LogP contribution < -0.4 is 10.6 Å². The molecule has 56 heavy (non-hydrogen) atoms. The van der Waals surface area contributed by atoms with Crippen LogP contribution in [0.5, 0.6) is 0 Å². The normalized spacial score (nSPS) is 23.0. The highest BCUT2D eigenvalue weighted by Gasteiger charge is 2.54. The van der Waals surface area contributed by atoms with E-state index in [0.29, 0.717) is 31.9 Å². The molecule has 0 spiro atoms. The average Bonchev–Trinajstić information content (AvgIpc) is 3.64. The lowest BCUT2D eigenvalue weighted by atomic mass is 9.70. The Labute approximate surface area is 344 Å². The smallest absolute Gasteiger partial charge is 0.409 e. The molecule has 9 heteroatoms. The molecule has 326 valence electrons. The number of nitrogens with one attached hydrogen (secondary N) is 2. The third kappa shape index (κ3) is 13.6. The van der Waals surface area contributed by atoms with Crippen LogP contribution in [0.1, 0.15) is 202 Å². The zero-order valence-corrected chi connectivity index (χ0v) is 39.7. The van der Waals surface area contributed by atoms with Crippen molar-refractivity contribution in [2.24, 2.45) is 16.2 Å². The summed E-state index contributed by atoms with van der Waals surface area (Å²) in [6, 6.07) is 0. The van der Waals surface area contributed by atoms with Crippen LogP contribution in [0, 0.1) is 16.2 Å². The van der Waals surface area contributed by atoms with E-state index in [-0.39, 0.29) is 34.3 Å². The van der Waals surface area contributed by atoms with Gasteiger partial charge in [-0.2, -0.15) is 0 Å². The molecule has 0 aromatic rings. The average molecular weight is 789 g/mol. The van der Waals surface area contributed by atoms with Gasteiger partial charge in [-0.1, -0.05) is 94.4 Å². The number of likely N-dealkylation sites (tertiary alicyclic amines) is 2. The van der Waals surface area contributed by atoms with Crippen molar-refractivity contribution in [2.45, 2.75) is 235 Å². The van der Waals surface area contributed by atoms with E-state index in [0.717, 1.165) is 77.2 Å². The summed E-state index contributed by atoms with van der Waals surface area (Å²) < 4.78 is 5.75. The van der Waals surface area contributed by atoms with E-state index < -0.39 is 32.9 Å². The van der Waals surface area contributed by atoms with Crippen molar-refractivity contribution in [1.82, 2.24) is 20.4 Å². The summed E-state index contributed by atoms with van der Waals surface area (Å²) in [4.78, 5) is 59.6. The first-order chi connectivity index (χ1) is 25.1. The van der Waals surface area contributed by atoms with Crippen LogP contribution in [-0.2, 0) is 19.1 Å². The molecule has 2 aliphatic heterocycles. The number of carbonyl (C=O) groups is 4. The largest absolute Gasteiger partial charge is 0.449 e. The minimum atomic E-state index is -0.790. The van der Waals surface area contributed by atoms with Crippen LogP contribution in [0.3, 0.4) is 0 Å². The lowest BCUT2D eigenvalue weighted by Crippen LogP contribution is -2.63. The Morgan fingerprint density at radius 1 is 0.607 bits per heavy atom. The molecule has 2 fully saturated rings. The monoisotopic (exact) mass is 789 g/mol. The number of amides is 1. The van der Waals surface area contributed by atoms with Crippen LogP contribution in [0.25, 0.3) is 0 Å². The van der Waals surface area contributed by atoms with Gasteiger partial charge in [0.25, 0.3) is 0 Å². The van der Waals surface area contributed by atoms with Crippen molar-refractivity contribution in [3.8, 4) is 0 Å². The highest BCUT2D eigenvalue weighted by Crippen LogP contribution is 2.44. The van der Waals surface area contributed by atoms with Gasteiger partial charge >= 0.3 is 6.09 Å². The number of ether oxygens (including phenoxy) is 1. The molecule has 0 bridgehead atoms. The Morgan fingerprint density at radius 2 is 1.14 bits per heavy atom. The number of ketones is 3. The van der Waals surface area contributed by atoms with Gasteiger partial charge in [0.1, 0.15) is 0 Å². The molecule has 2 aliphatic rings. The summed E-state index contributed by atoms with van der Waals surface area (Å²) in [6.07, 6.45) is 9.60. The Morgan fingerprint density at radius 3 is 1.62 bits per heavy atom. The van der Waals surface area contributed by atoms with Gasteiger partial charge in [0, 0.05) is 46.0 Å². The van der Waals surface area contributed by atoms with Crippen LogP contribution in [0.15, 0.2) is 0 Å². The second kappa shape index (κ2) is 18.2. The van der Waals surface area contributed by atoms with E-state index in [1.165, 1.54) is 0 Å². The number of hydrogen-bond acceptors (Lipinski definition) is 8. The molecule has 2 N–H and O–H groups in total. The lowest BCUT2D eigenvalue weighted by molar-refractivity contribution is -0.141. The van der Waals surface area contributed by atoms with Crippen molar-refractivity contribution in [1.29, 1.82) is 0 Å². The maximum absolute atomic E-state index is 14.5. The van der Waals surface area contributed by atoms with Crippen molar-refractivity contribution in [2.75, 3.05) is 26.2 Å². The maximum atomic E-state index is 14.5. The molecule has 9 nitrogen and oxygen atoms in total.